The molecule has 0 bridgehead atoms. The zero-order valence-electron chi connectivity index (χ0n) is 15.8. The molecule has 8 heteroatoms. The lowest BCUT2D eigenvalue weighted by atomic mass is 10.2. The molecule has 1 aliphatic heterocycles. The summed E-state index contributed by atoms with van der Waals surface area (Å²) in [6.45, 7) is 5.85. The lowest BCUT2D eigenvalue weighted by molar-refractivity contribution is -0.127. The Hall–Kier alpha value is -3.39. The normalized spacial score (nSPS) is 15.9. The number of rotatable bonds is 4. The number of hydrogen-bond acceptors (Lipinski definition) is 5. The molecule has 2 amide bonds. The van der Waals surface area contributed by atoms with Gasteiger partial charge in [-0.15, -0.1) is 6.58 Å². The highest BCUT2D eigenvalue weighted by molar-refractivity contribution is 7.16. The summed E-state index contributed by atoms with van der Waals surface area (Å²) < 4.78 is 14.2. The molecule has 0 spiro atoms. The van der Waals surface area contributed by atoms with Gasteiger partial charge >= 0.3 is 0 Å². The van der Waals surface area contributed by atoms with Gasteiger partial charge in [0.05, 0.1) is 10.2 Å². The Labute approximate surface area is 170 Å². The largest absolute Gasteiger partial charge is 0.485 e. The Morgan fingerprint density at radius 1 is 1.31 bits per heavy atom. The van der Waals surface area contributed by atoms with E-state index in [1.807, 2.05) is 34.9 Å². The third-order valence-electron chi connectivity index (χ3n) is 4.30. The fourth-order valence-corrected chi connectivity index (χ4v) is 4.14. The molecule has 148 valence electrons. The maximum atomic E-state index is 12.8. The topological polar surface area (TPSA) is 81.9 Å². The molecular formula is C21H19N3O4S. The summed E-state index contributed by atoms with van der Waals surface area (Å²) in [5, 5.41) is 2.76. The average molecular weight is 409 g/mol. The maximum Gasteiger partial charge on any atom is 0.292 e. The van der Waals surface area contributed by atoms with Gasteiger partial charge in [0, 0.05) is 19.2 Å². The van der Waals surface area contributed by atoms with Crippen molar-refractivity contribution in [2.45, 2.75) is 19.6 Å². The zero-order chi connectivity index (χ0) is 20.4. The first-order valence-corrected chi connectivity index (χ1v) is 9.86. The van der Waals surface area contributed by atoms with Crippen molar-refractivity contribution in [2.75, 3.05) is 11.9 Å². The summed E-state index contributed by atoms with van der Waals surface area (Å²) in [4.78, 5) is 28.9. The van der Waals surface area contributed by atoms with Gasteiger partial charge in [0.25, 0.3) is 5.91 Å². The number of nitrogens with one attached hydrogen (secondary N) is 1. The van der Waals surface area contributed by atoms with Crippen molar-refractivity contribution in [3.05, 3.63) is 59.9 Å². The smallest absolute Gasteiger partial charge is 0.292 e. The van der Waals surface area contributed by atoms with Crippen LogP contribution in [0.1, 0.15) is 6.92 Å². The highest BCUT2D eigenvalue weighted by Gasteiger charge is 2.27. The second-order valence-corrected chi connectivity index (χ2v) is 7.47. The average Bonchev–Trinajstić information content (AvgIpc) is 3.03. The van der Waals surface area contributed by atoms with Gasteiger partial charge in [-0.25, -0.2) is 0 Å². The molecule has 3 aromatic rings. The van der Waals surface area contributed by atoms with Gasteiger partial charge in [0.15, 0.2) is 16.3 Å². The van der Waals surface area contributed by atoms with Crippen LogP contribution in [0.3, 0.4) is 0 Å². The van der Waals surface area contributed by atoms with Crippen molar-refractivity contribution in [1.82, 2.24) is 4.57 Å². The monoisotopic (exact) mass is 409 g/mol. The van der Waals surface area contributed by atoms with Crippen molar-refractivity contribution < 1.29 is 19.1 Å². The van der Waals surface area contributed by atoms with Gasteiger partial charge < -0.3 is 19.4 Å². The molecule has 1 N–H and O–H groups in total. The molecular weight excluding hydrogens is 390 g/mol. The summed E-state index contributed by atoms with van der Waals surface area (Å²) in [6.07, 6.45) is 0.940. The SMILES string of the molecule is C=CCn1c(=NC(=O)[C@H]2COc3ccccc3O2)sc2cc(NC(C)=O)ccc21. The fraction of sp³-hybridized carbons (Fsp3) is 0.190. The zero-order valence-corrected chi connectivity index (χ0v) is 16.6. The predicted molar refractivity (Wildman–Crippen MR) is 111 cm³/mol. The Morgan fingerprint density at radius 3 is 2.86 bits per heavy atom. The molecule has 1 atom stereocenters. The number of nitrogens with zero attached hydrogens (tertiary/aromatic N) is 2. The highest BCUT2D eigenvalue weighted by Crippen LogP contribution is 2.31. The Balaban J connectivity index is 1.69. The number of thiazole rings is 1. The van der Waals surface area contributed by atoms with Crippen molar-refractivity contribution in [2.24, 2.45) is 4.99 Å². The molecule has 0 fully saturated rings. The van der Waals surface area contributed by atoms with E-state index < -0.39 is 12.0 Å². The van der Waals surface area contributed by atoms with Crippen molar-refractivity contribution in [1.29, 1.82) is 0 Å². The minimum Gasteiger partial charge on any atom is -0.485 e. The quantitative estimate of drug-likeness (QED) is 0.672. The van der Waals surface area contributed by atoms with Gasteiger partial charge in [0.2, 0.25) is 12.0 Å². The van der Waals surface area contributed by atoms with Crippen LogP contribution in [-0.4, -0.2) is 29.1 Å². The van der Waals surface area contributed by atoms with E-state index in [0.29, 0.717) is 28.5 Å². The lowest BCUT2D eigenvalue weighted by Gasteiger charge is -2.23. The van der Waals surface area contributed by atoms with Crippen molar-refractivity contribution in [3.63, 3.8) is 0 Å². The summed E-state index contributed by atoms with van der Waals surface area (Å²) in [6, 6.07) is 12.8. The minimum atomic E-state index is -0.803. The van der Waals surface area contributed by atoms with E-state index in [-0.39, 0.29) is 12.5 Å². The number of hydrogen-bond donors (Lipinski definition) is 1. The molecule has 2 heterocycles. The van der Waals surface area contributed by atoms with Gasteiger partial charge in [0.1, 0.15) is 6.61 Å². The number of benzene rings is 2. The molecule has 2 aromatic carbocycles. The Bertz CT molecular complexity index is 1180. The van der Waals surface area contributed by atoms with Crippen molar-refractivity contribution >= 4 is 39.1 Å². The summed E-state index contributed by atoms with van der Waals surface area (Å²) in [7, 11) is 0. The maximum absolute atomic E-state index is 12.8. The molecule has 1 aliphatic rings. The summed E-state index contributed by atoms with van der Waals surface area (Å²) >= 11 is 1.36. The van der Waals surface area contributed by atoms with Crippen molar-refractivity contribution in [3.8, 4) is 11.5 Å². The molecule has 0 aliphatic carbocycles. The van der Waals surface area contributed by atoms with Crippen LogP contribution in [0, 0.1) is 0 Å². The second-order valence-electron chi connectivity index (χ2n) is 6.46. The van der Waals surface area contributed by atoms with Crippen LogP contribution in [-0.2, 0) is 16.1 Å². The first kappa shape index (κ1) is 18.9. The van der Waals surface area contributed by atoms with E-state index in [2.05, 4.69) is 16.9 Å². The second kappa shape index (κ2) is 7.92. The molecule has 7 nitrogen and oxygen atoms in total. The van der Waals surface area contributed by atoms with E-state index in [1.165, 1.54) is 18.3 Å². The first-order valence-electron chi connectivity index (χ1n) is 9.04. The molecule has 29 heavy (non-hydrogen) atoms. The number of ether oxygens (including phenoxy) is 2. The van der Waals surface area contributed by atoms with E-state index in [1.54, 1.807) is 18.2 Å². The standard InChI is InChI=1S/C21H19N3O4S/c1-3-10-24-15-9-8-14(22-13(2)25)11-19(15)29-21(24)23-20(26)18-12-27-16-6-4-5-7-17(16)28-18/h3-9,11,18H,1,10,12H2,2H3,(H,22,25)/t18-/m1/s1. The Morgan fingerprint density at radius 2 is 2.10 bits per heavy atom. The van der Waals surface area contributed by atoms with Crippen LogP contribution in [0.5, 0.6) is 11.5 Å². The van der Waals surface area contributed by atoms with Crippen LogP contribution >= 0.6 is 11.3 Å². The molecule has 1 aromatic heterocycles. The van der Waals surface area contributed by atoms with E-state index in [4.69, 9.17) is 9.47 Å². The van der Waals surface area contributed by atoms with Gasteiger partial charge in [-0.1, -0.05) is 29.5 Å². The molecule has 0 radical (unpaired) electrons. The summed E-state index contributed by atoms with van der Waals surface area (Å²) in [5.74, 6) is 0.592. The first-order chi connectivity index (χ1) is 14.0. The highest BCUT2D eigenvalue weighted by atomic mass is 32.1. The predicted octanol–water partition coefficient (Wildman–Crippen LogP) is 3.11. The van der Waals surface area contributed by atoms with Crippen LogP contribution < -0.4 is 19.6 Å². The van der Waals surface area contributed by atoms with Crippen LogP contribution in [0.15, 0.2) is 60.1 Å². The minimum absolute atomic E-state index is 0.110. The molecule has 0 saturated heterocycles. The van der Waals surface area contributed by atoms with Crippen LogP contribution in [0.4, 0.5) is 5.69 Å². The molecule has 4 rings (SSSR count). The number of carbonyl (C=O) groups excluding carboxylic acids is 2. The van der Waals surface area contributed by atoms with E-state index >= 15 is 0 Å². The third-order valence-corrected chi connectivity index (χ3v) is 5.35. The molecule has 0 saturated carbocycles. The van der Waals surface area contributed by atoms with Gasteiger partial charge in [-0.05, 0) is 30.3 Å². The van der Waals surface area contributed by atoms with E-state index in [0.717, 1.165) is 10.2 Å². The Kier molecular flexibility index (Phi) is 5.18. The number of aromatic nitrogens is 1. The number of fused-ring (bicyclic) bond motifs is 2. The molecule has 0 unspecified atom stereocenters. The van der Waals surface area contributed by atoms with E-state index in [9.17, 15) is 9.59 Å². The summed E-state index contributed by atoms with van der Waals surface area (Å²) in [5.41, 5.74) is 1.59. The number of amides is 2. The van der Waals surface area contributed by atoms with Gasteiger partial charge in [-0.2, -0.15) is 4.99 Å². The fourth-order valence-electron chi connectivity index (χ4n) is 3.05. The van der Waals surface area contributed by atoms with Gasteiger partial charge in [-0.3, -0.25) is 9.59 Å². The van der Waals surface area contributed by atoms with Crippen LogP contribution in [0.2, 0.25) is 0 Å². The lowest BCUT2D eigenvalue weighted by Crippen LogP contribution is -2.36. The number of anilines is 1. The number of para-hydroxylation sites is 2. The van der Waals surface area contributed by atoms with Crippen LogP contribution in [0.25, 0.3) is 10.2 Å². The number of allylic oxidation sites excluding steroid dienone is 1. The third kappa shape index (κ3) is 3.93. The number of carbonyl (C=O) groups is 2.